The van der Waals surface area contributed by atoms with Crippen LogP contribution in [0.1, 0.15) is 36.7 Å². The normalized spacial score (nSPS) is 13.3. The summed E-state index contributed by atoms with van der Waals surface area (Å²) in [7, 11) is -2.11. The first kappa shape index (κ1) is 17.3. The second-order valence-electron chi connectivity index (χ2n) is 5.65. The number of hydrogen-bond acceptors (Lipinski definition) is 3. The Morgan fingerprint density at radius 2 is 1.71 bits per heavy atom. The van der Waals surface area contributed by atoms with E-state index in [4.69, 9.17) is 0 Å². The second kappa shape index (κ2) is 6.37. The van der Waals surface area contributed by atoms with Gasteiger partial charge in [0.25, 0.3) is 0 Å². The molecule has 0 N–H and O–H groups in total. The van der Waals surface area contributed by atoms with E-state index < -0.39 is 15.6 Å². The van der Waals surface area contributed by atoms with Gasteiger partial charge in [-0.05, 0) is 32.4 Å². The highest BCUT2D eigenvalue weighted by Crippen LogP contribution is 2.28. The van der Waals surface area contributed by atoms with Gasteiger partial charge < -0.3 is 0 Å². The number of nitrogens with zero attached hydrogens (tertiary/aromatic N) is 1. The van der Waals surface area contributed by atoms with Crippen molar-refractivity contribution >= 4 is 21.2 Å². The van der Waals surface area contributed by atoms with E-state index in [0.717, 1.165) is 6.29 Å². The zero-order valence-electron chi connectivity index (χ0n) is 12.8. The molecule has 0 aliphatic carbocycles. The van der Waals surface area contributed by atoms with E-state index in [-0.39, 0.29) is 4.91 Å². The number of carbonyl (C=O) groups excluding carboxylic acids is 1. The topological polar surface area (TPSA) is 54.5 Å². The van der Waals surface area contributed by atoms with Crippen molar-refractivity contribution in [3.8, 4) is 0 Å². The van der Waals surface area contributed by atoms with Crippen LogP contribution < -0.4 is 0 Å². The first-order chi connectivity index (χ1) is 9.64. The van der Waals surface area contributed by atoms with Crippen molar-refractivity contribution in [3.05, 3.63) is 54.1 Å². The van der Waals surface area contributed by atoms with Crippen LogP contribution in [0.25, 0.3) is 4.91 Å². The number of aldehydes is 1. The monoisotopic (exact) mass is 307 g/mol. The summed E-state index contributed by atoms with van der Waals surface area (Å²) in [6.07, 6.45) is 3.63. The Bertz CT molecular complexity index is 650. The summed E-state index contributed by atoms with van der Waals surface area (Å²) >= 11 is 0. The minimum atomic E-state index is -3.66. The number of allylic oxidation sites excluding steroid dienone is 2. The molecule has 0 radical (unpaired) electrons. The fraction of sp³-hybridized carbons (Fsp3) is 0.312. The lowest BCUT2D eigenvalue weighted by molar-refractivity contribution is 0.112. The van der Waals surface area contributed by atoms with Gasteiger partial charge in [-0.15, -0.1) is 0 Å². The molecule has 0 spiro atoms. The van der Waals surface area contributed by atoms with Crippen molar-refractivity contribution in [1.82, 2.24) is 4.31 Å². The van der Waals surface area contributed by atoms with E-state index in [1.165, 1.54) is 16.5 Å². The highest BCUT2D eigenvalue weighted by molar-refractivity contribution is 7.98. The lowest BCUT2D eigenvalue weighted by Crippen LogP contribution is -2.42. The first-order valence-electron chi connectivity index (χ1n) is 6.52. The van der Waals surface area contributed by atoms with Gasteiger partial charge in [0.1, 0.15) is 6.29 Å². The van der Waals surface area contributed by atoms with E-state index in [0.29, 0.717) is 11.1 Å². The predicted octanol–water partition coefficient (Wildman–Crippen LogP) is 3.09. The van der Waals surface area contributed by atoms with Crippen molar-refractivity contribution in [2.24, 2.45) is 0 Å². The Balaban J connectivity index is 3.39. The molecule has 0 aliphatic heterocycles. The minimum Gasteiger partial charge on any atom is -0.298 e. The molecule has 0 bridgehead atoms. The van der Waals surface area contributed by atoms with Crippen LogP contribution in [0.4, 0.5) is 0 Å². The Morgan fingerprint density at radius 1 is 1.19 bits per heavy atom. The molecule has 0 saturated heterocycles. The van der Waals surface area contributed by atoms with Crippen LogP contribution in [0.3, 0.4) is 0 Å². The third-order valence-electron chi connectivity index (χ3n) is 3.18. The second-order valence-corrected chi connectivity index (χ2v) is 7.59. The van der Waals surface area contributed by atoms with Crippen LogP contribution in [-0.2, 0) is 10.0 Å². The van der Waals surface area contributed by atoms with Crippen LogP contribution in [-0.4, -0.2) is 31.6 Å². The maximum Gasteiger partial charge on any atom is 0.243 e. The molecule has 1 aromatic rings. The van der Waals surface area contributed by atoms with E-state index >= 15 is 0 Å². The van der Waals surface area contributed by atoms with Crippen molar-refractivity contribution < 1.29 is 13.2 Å². The molecule has 0 fully saturated rings. The number of benzene rings is 1. The average molecular weight is 307 g/mol. The average Bonchev–Trinajstić information content (AvgIpc) is 2.43. The molecule has 1 aromatic carbocycles. The van der Waals surface area contributed by atoms with Gasteiger partial charge in [0, 0.05) is 18.2 Å². The van der Waals surface area contributed by atoms with Gasteiger partial charge in [0.2, 0.25) is 10.0 Å². The highest BCUT2D eigenvalue weighted by Gasteiger charge is 2.32. The highest BCUT2D eigenvalue weighted by atomic mass is 32.2. The predicted molar refractivity (Wildman–Crippen MR) is 86.4 cm³/mol. The van der Waals surface area contributed by atoms with E-state index in [2.05, 4.69) is 6.58 Å². The summed E-state index contributed by atoms with van der Waals surface area (Å²) in [5, 5.41) is 0. The summed E-state index contributed by atoms with van der Waals surface area (Å²) in [6, 6.07) is 6.41. The van der Waals surface area contributed by atoms with Crippen molar-refractivity contribution in [2.45, 2.75) is 26.3 Å². The van der Waals surface area contributed by atoms with Crippen LogP contribution in [0.5, 0.6) is 0 Å². The van der Waals surface area contributed by atoms with Crippen LogP contribution in [0.2, 0.25) is 0 Å². The lowest BCUT2D eigenvalue weighted by Gasteiger charge is -2.31. The molecule has 5 heteroatoms. The molecule has 21 heavy (non-hydrogen) atoms. The maximum absolute atomic E-state index is 12.8. The zero-order chi connectivity index (χ0) is 16.3. The van der Waals surface area contributed by atoms with Gasteiger partial charge in [0.15, 0.2) is 0 Å². The van der Waals surface area contributed by atoms with Gasteiger partial charge in [-0.25, -0.2) is 8.42 Å². The number of carbonyl (C=O) groups is 1. The fourth-order valence-corrected chi connectivity index (χ4v) is 3.39. The molecule has 4 nitrogen and oxygen atoms in total. The Kier molecular flexibility index (Phi) is 5.25. The number of rotatable bonds is 5. The SMILES string of the molecule is C=C/C=C(/c1ccc(C=O)cc1)S(=O)(=O)N(C)C(C)(C)C. The summed E-state index contributed by atoms with van der Waals surface area (Å²) in [6.45, 7) is 9.05. The summed E-state index contributed by atoms with van der Waals surface area (Å²) in [4.78, 5) is 10.9. The third kappa shape index (κ3) is 3.89. The fourth-order valence-electron chi connectivity index (χ4n) is 1.67. The molecule has 0 atom stereocenters. The molecule has 0 heterocycles. The number of sulfonamides is 1. The molecule has 0 saturated carbocycles. The Morgan fingerprint density at radius 3 is 2.10 bits per heavy atom. The third-order valence-corrected chi connectivity index (χ3v) is 5.38. The summed E-state index contributed by atoms with van der Waals surface area (Å²) < 4.78 is 26.8. The van der Waals surface area contributed by atoms with Crippen molar-refractivity contribution in [2.75, 3.05) is 7.05 Å². The first-order valence-corrected chi connectivity index (χ1v) is 7.96. The van der Waals surface area contributed by atoms with Crippen LogP contribution >= 0.6 is 0 Å². The Hall–Kier alpha value is -1.72. The largest absolute Gasteiger partial charge is 0.298 e. The molecule has 0 unspecified atom stereocenters. The quantitative estimate of drug-likeness (QED) is 0.620. The molecule has 114 valence electrons. The van der Waals surface area contributed by atoms with E-state index in [1.807, 2.05) is 20.8 Å². The van der Waals surface area contributed by atoms with Crippen LogP contribution in [0, 0.1) is 0 Å². The lowest BCUT2D eigenvalue weighted by atomic mass is 10.1. The molecule has 0 amide bonds. The minimum absolute atomic E-state index is 0.160. The van der Waals surface area contributed by atoms with Gasteiger partial charge in [0.05, 0.1) is 4.91 Å². The molecule has 0 aliphatic rings. The molecular formula is C16H21NO3S. The summed E-state index contributed by atoms with van der Waals surface area (Å²) in [5.74, 6) is 0. The van der Waals surface area contributed by atoms with Gasteiger partial charge >= 0.3 is 0 Å². The van der Waals surface area contributed by atoms with Crippen molar-refractivity contribution in [3.63, 3.8) is 0 Å². The van der Waals surface area contributed by atoms with E-state index in [1.54, 1.807) is 31.3 Å². The standard InChI is InChI=1S/C16H21NO3S/c1-6-7-15(14-10-8-13(12-18)9-11-14)21(19,20)17(5)16(2,3)4/h6-12H,1H2,2-5H3/b15-7-. The smallest absolute Gasteiger partial charge is 0.243 e. The number of hydrogen-bond donors (Lipinski definition) is 0. The zero-order valence-corrected chi connectivity index (χ0v) is 13.6. The van der Waals surface area contributed by atoms with Crippen molar-refractivity contribution in [1.29, 1.82) is 0 Å². The maximum atomic E-state index is 12.8. The van der Waals surface area contributed by atoms with Crippen LogP contribution in [0.15, 0.2) is 43.0 Å². The van der Waals surface area contributed by atoms with Gasteiger partial charge in [-0.3, -0.25) is 4.79 Å². The van der Waals surface area contributed by atoms with Gasteiger partial charge in [-0.2, -0.15) is 4.31 Å². The van der Waals surface area contributed by atoms with Gasteiger partial charge in [-0.1, -0.05) is 36.9 Å². The Labute approximate surface area is 126 Å². The molecule has 0 aromatic heterocycles. The van der Waals surface area contributed by atoms with E-state index in [9.17, 15) is 13.2 Å². The summed E-state index contributed by atoms with van der Waals surface area (Å²) in [5.41, 5.74) is 0.483. The molecular weight excluding hydrogens is 286 g/mol. The molecule has 1 rings (SSSR count).